The molecule has 0 saturated carbocycles. The number of allylic oxidation sites excluding steroid dienone is 2. The number of rotatable bonds is 22. The molecule has 0 atom stereocenters. The van der Waals surface area contributed by atoms with Crippen LogP contribution in [0.25, 0.3) is 0 Å². The predicted octanol–water partition coefficient (Wildman–Crippen LogP) is 10.7. The molecule has 0 spiro atoms. The fraction of sp³-hybridized carbons (Fsp3) is 0.600. The van der Waals surface area contributed by atoms with E-state index >= 15 is 0 Å². The second-order valence-electron chi connectivity index (χ2n) is 13.1. The molecular formula is C40H58N2O4. The number of carbonyl (C=O) groups is 2. The Hall–Kier alpha value is -3.28. The van der Waals surface area contributed by atoms with E-state index in [0.29, 0.717) is 22.6 Å². The highest BCUT2D eigenvalue weighted by Crippen LogP contribution is 2.41. The first-order valence-electron chi connectivity index (χ1n) is 18.5. The van der Waals surface area contributed by atoms with Gasteiger partial charge < -0.3 is 19.3 Å². The zero-order chi connectivity index (χ0) is 32.7. The van der Waals surface area contributed by atoms with Crippen molar-refractivity contribution in [3.05, 3.63) is 59.0 Å². The molecule has 6 nitrogen and oxygen atoms in total. The van der Waals surface area contributed by atoms with Crippen molar-refractivity contribution < 1.29 is 19.1 Å². The number of nitrogens with zero attached hydrogens (tertiary/aromatic N) is 2. The summed E-state index contributed by atoms with van der Waals surface area (Å²) in [5.74, 6) is 0.449. The number of hydrogen-bond donors (Lipinski definition) is 0. The van der Waals surface area contributed by atoms with Gasteiger partial charge in [0.15, 0.2) is 0 Å². The zero-order valence-electron chi connectivity index (χ0n) is 29.1. The molecule has 46 heavy (non-hydrogen) atoms. The molecule has 2 aromatic rings. The van der Waals surface area contributed by atoms with Crippen molar-refractivity contribution in [3.8, 4) is 11.5 Å². The molecule has 0 amide bonds. The van der Waals surface area contributed by atoms with Crippen LogP contribution in [0.4, 0.5) is 11.4 Å². The van der Waals surface area contributed by atoms with Gasteiger partial charge in [0.25, 0.3) is 0 Å². The SMILES string of the molecule is CCCCCCN(CCCCCC)c1ccc2c(c1)O/C(=C1/Oc3cc(N(CCCCCC)CCCCCC)ccc3C1=O)C2=O. The normalized spacial score (nSPS) is 15.1. The Morgan fingerprint density at radius 1 is 0.457 bits per heavy atom. The average molecular weight is 631 g/mol. The maximum absolute atomic E-state index is 13.5. The summed E-state index contributed by atoms with van der Waals surface area (Å²) in [6.07, 6.45) is 19.3. The van der Waals surface area contributed by atoms with E-state index in [1.807, 2.05) is 36.4 Å². The summed E-state index contributed by atoms with van der Waals surface area (Å²) >= 11 is 0. The van der Waals surface area contributed by atoms with Gasteiger partial charge in [-0.25, -0.2) is 0 Å². The number of anilines is 2. The van der Waals surface area contributed by atoms with Crippen molar-refractivity contribution in [1.29, 1.82) is 0 Å². The average Bonchev–Trinajstić information content (AvgIpc) is 3.57. The van der Waals surface area contributed by atoms with Gasteiger partial charge >= 0.3 is 0 Å². The van der Waals surface area contributed by atoms with E-state index in [1.165, 1.54) is 77.0 Å². The van der Waals surface area contributed by atoms with Crippen molar-refractivity contribution in [2.45, 2.75) is 130 Å². The van der Waals surface area contributed by atoms with E-state index in [4.69, 9.17) is 9.47 Å². The number of ketones is 2. The van der Waals surface area contributed by atoms with E-state index in [2.05, 4.69) is 37.5 Å². The Morgan fingerprint density at radius 2 is 0.783 bits per heavy atom. The van der Waals surface area contributed by atoms with Crippen molar-refractivity contribution >= 4 is 22.9 Å². The molecule has 0 saturated heterocycles. The first-order valence-corrected chi connectivity index (χ1v) is 18.5. The number of benzene rings is 2. The van der Waals surface area contributed by atoms with Crippen LogP contribution in [0, 0.1) is 0 Å². The lowest BCUT2D eigenvalue weighted by Gasteiger charge is -2.25. The first kappa shape index (κ1) is 35.6. The molecule has 252 valence electrons. The van der Waals surface area contributed by atoms with Crippen LogP contribution in [-0.2, 0) is 0 Å². The number of ether oxygens (including phenoxy) is 2. The fourth-order valence-electron chi connectivity index (χ4n) is 6.47. The molecule has 2 aliphatic rings. The Morgan fingerprint density at radius 3 is 1.09 bits per heavy atom. The summed E-state index contributed by atoms with van der Waals surface area (Å²) in [4.78, 5) is 31.9. The van der Waals surface area contributed by atoms with Crippen molar-refractivity contribution in [1.82, 2.24) is 0 Å². The molecule has 0 aromatic heterocycles. The number of fused-ring (bicyclic) bond motifs is 2. The smallest absolute Gasteiger partial charge is 0.236 e. The maximum Gasteiger partial charge on any atom is 0.236 e. The minimum atomic E-state index is -0.288. The molecule has 2 heterocycles. The predicted molar refractivity (Wildman–Crippen MR) is 191 cm³/mol. The minimum absolute atomic E-state index is 0.00308. The van der Waals surface area contributed by atoms with Gasteiger partial charge in [0.2, 0.25) is 23.1 Å². The van der Waals surface area contributed by atoms with E-state index in [0.717, 1.165) is 63.2 Å². The molecule has 0 bridgehead atoms. The van der Waals surface area contributed by atoms with Crippen LogP contribution in [0.3, 0.4) is 0 Å². The van der Waals surface area contributed by atoms with E-state index in [1.54, 1.807) is 0 Å². The van der Waals surface area contributed by atoms with Crippen LogP contribution < -0.4 is 19.3 Å². The quantitative estimate of drug-likeness (QED) is 0.0953. The zero-order valence-corrected chi connectivity index (χ0v) is 29.1. The Labute approximate surface area is 278 Å². The van der Waals surface area contributed by atoms with Crippen molar-refractivity contribution in [2.75, 3.05) is 36.0 Å². The molecule has 4 rings (SSSR count). The highest BCUT2D eigenvalue weighted by molar-refractivity contribution is 6.21. The van der Waals surface area contributed by atoms with E-state index in [-0.39, 0.29) is 23.1 Å². The van der Waals surface area contributed by atoms with Crippen LogP contribution in [0.15, 0.2) is 47.9 Å². The first-order chi connectivity index (χ1) is 22.5. The second kappa shape index (κ2) is 18.8. The van der Waals surface area contributed by atoms with Crippen LogP contribution >= 0.6 is 0 Å². The lowest BCUT2D eigenvalue weighted by atomic mass is 10.1. The molecule has 6 heteroatoms. The third kappa shape index (κ3) is 9.39. The van der Waals surface area contributed by atoms with Crippen LogP contribution in [0.2, 0.25) is 0 Å². The summed E-state index contributed by atoms with van der Waals surface area (Å²) in [6, 6.07) is 11.7. The lowest BCUT2D eigenvalue weighted by Crippen LogP contribution is -2.25. The molecule has 2 aromatic carbocycles. The van der Waals surface area contributed by atoms with Crippen molar-refractivity contribution in [2.24, 2.45) is 0 Å². The number of hydrogen-bond acceptors (Lipinski definition) is 6. The summed E-state index contributed by atoms with van der Waals surface area (Å²) in [5, 5.41) is 0. The topological polar surface area (TPSA) is 59.1 Å². The number of Topliss-reactive ketones (excluding diaryl/α,β-unsaturated/α-hetero) is 2. The Balaban J connectivity index is 1.50. The molecule has 2 aliphatic heterocycles. The highest BCUT2D eigenvalue weighted by atomic mass is 16.5. The van der Waals surface area contributed by atoms with Crippen molar-refractivity contribution in [3.63, 3.8) is 0 Å². The van der Waals surface area contributed by atoms with Gasteiger partial charge in [-0.15, -0.1) is 0 Å². The van der Waals surface area contributed by atoms with E-state index in [9.17, 15) is 9.59 Å². The Bertz CT molecular complexity index is 1190. The lowest BCUT2D eigenvalue weighted by molar-refractivity contribution is 0.0960. The van der Waals surface area contributed by atoms with Gasteiger partial charge in [0, 0.05) is 49.7 Å². The number of carbonyl (C=O) groups excluding carboxylic acids is 2. The summed E-state index contributed by atoms with van der Waals surface area (Å²) in [6.45, 7) is 12.9. The Kier molecular flexibility index (Phi) is 14.5. The minimum Gasteiger partial charge on any atom is -0.448 e. The van der Waals surface area contributed by atoms with Crippen LogP contribution in [0.5, 0.6) is 11.5 Å². The maximum atomic E-state index is 13.5. The monoisotopic (exact) mass is 630 g/mol. The second-order valence-corrected chi connectivity index (χ2v) is 13.1. The molecule has 0 unspecified atom stereocenters. The summed E-state index contributed by atoms with van der Waals surface area (Å²) in [7, 11) is 0. The molecule has 0 N–H and O–H groups in total. The third-order valence-corrected chi connectivity index (χ3v) is 9.32. The molecular weight excluding hydrogens is 572 g/mol. The van der Waals surface area contributed by atoms with Gasteiger partial charge in [0.1, 0.15) is 11.5 Å². The summed E-state index contributed by atoms with van der Waals surface area (Å²) in [5.41, 5.74) is 3.11. The molecule has 0 fully saturated rings. The van der Waals surface area contributed by atoms with Gasteiger partial charge in [-0.05, 0) is 49.9 Å². The molecule has 0 radical (unpaired) electrons. The van der Waals surface area contributed by atoms with E-state index < -0.39 is 0 Å². The van der Waals surface area contributed by atoms with Gasteiger partial charge in [0.05, 0.1) is 11.1 Å². The van der Waals surface area contributed by atoms with Crippen LogP contribution in [-0.4, -0.2) is 37.7 Å². The third-order valence-electron chi connectivity index (χ3n) is 9.32. The van der Waals surface area contributed by atoms with Gasteiger partial charge in [-0.1, -0.05) is 105 Å². The van der Waals surface area contributed by atoms with Gasteiger partial charge in [-0.3, -0.25) is 9.59 Å². The van der Waals surface area contributed by atoms with Crippen LogP contribution in [0.1, 0.15) is 151 Å². The molecule has 0 aliphatic carbocycles. The fourth-order valence-corrected chi connectivity index (χ4v) is 6.47. The summed E-state index contributed by atoms with van der Waals surface area (Å²) < 4.78 is 12.3. The van der Waals surface area contributed by atoms with Gasteiger partial charge in [-0.2, -0.15) is 0 Å². The largest absolute Gasteiger partial charge is 0.448 e. The standard InChI is InChI=1S/C40H58N2O4/c1-5-9-13-17-25-41(26-18-14-10-6-2)31-21-23-33-35(29-31)45-39(37(33)43)40-38(44)34-24-22-32(30-36(34)46-40)42(27-19-15-11-7-3)28-20-16-12-8-4/h21-24,29-30H,5-20,25-28H2,1-4H3/b40-39+. The highest BCUT2D eigenvalue weighted by Gasteiger charge is 2.39. The number of unbranched alkanes of at least 4 members (excludes halogenated alkanes) is 12.